The predicted octanol–water partition coefficient (Wildman–Crippen LogP) is 4.59. The summed E-state index contributed by atoms with van der Waals surface area (Å²) in [6, 6.07) is 15.4. The van der Waals surface area contributed by atoms with Gasteiger partial charge in [0.1, 0.15) is 0 Å². The molecule has 0 spiro atoms. The molecule has 0 unspecified atom stereocenters. The van der Waals surface area contributed by atoms with Crippen LogP contribution in [0.25, 0.3) is 0 Å². The summed E-state index contributed by atoms with van der Waals surface area (Å²) in [6.45, 7) is 0.609. The Bertz CT molecular complexity index is 605. The topological polar surface area (TPSA) is 35.8 Å². The number of nitrogens with one attached hydrogen (secondary N) is 1. The minimum atomic E-state index is 0.609. The molecule has 0 atom stereocenters. The number of rotatable bonds is 3. The van der Waals surface area contributed by atoms with E-state index >= 15 is 0 Å². The molecule has 0 aliphatic heterocycles. The van der Waals surface area contributed by atoms with Crippen molar-refractivity contribution in [3.63, 3.8) is 0 Å². The van der Waals surface area contributed by atoms with E-state index in [0.717, 1.165) is 15.7 Å². The smallest absolute Gasteiger partial charge is 0.0995 e. The van der Waals surface area contributed by atoms with E-state index in [1.807, 2.05) is 42.5 Å². The Morgan fingerprint density at radius 3 is 2.72 bits per heavy atom. The lowest BCUT2D eigenvalue weighted by Crippen LogP contribution is -2.01. The summed E-state index contributed by atoms with van der Waals surface area (Å²) in [5.74, 6) is 0. The van der Waals surface area contributed by atoms with Gasteiger partial charge in [0.15, 0.2) is 0 Å². The van der Waals surface area contributed by atoms with E-state index < -0.39 is 0 Å². The van der Waals surface area contributed by atoms with Crippen LogP contribution in [0.15, 0.2) is 46.9 Å². The first-order valence-corrected chi connectivity index (χ1v) is 6.55. The number of halogens is 2. The molecule has 2 aromatic rings. The number of benzene rings is 2. The zero-order valence-electron chi connectivity index (χ0n) is 9.45. The van der Waals surface area contributed by atoms with Gasteiger partial charge in [-0.1, -0.05) is 29.8 Å². The van der Waals surface area contributed by atoms with Crippen molar-refractivity contribution in [2.75, 3.05) is 5.32 Å². The van der Waals surface area contributed by atoms with Crippen LogP contribution in [0, 0.1) is 11.3 Å². The highest BCUT2D eigenvalue weighted by Gasteiger charge is 2.02. The highest BCUT2D eigenvalue weighted by Crippen LogP contribution is 2.25. The minimum Gasteiger partial charge on any atom is -0.381 e. The van der Waals surface area contributed by atoms with E-state index in [-0.39, 0.29) is 0 Å². The Morgan fingerprint density at radius 2 is 2.00 bits per heavy atom. The summed E-state index contributed by atoms with van der Waals surface area (Å²) in [7, 11) is 0. The monoisotopic (exact) mass is 320 g/mol. The molecule has 0 saturated heterocycles. The third-order valence-corrected chi connectivity index (χ3v) is 3.75. The van der Waals surface area contributed by atoms with E-state index in [1.54, 1.807) is 0 Å². The quantitative estimate of drug-likeness (QED) is 0.897. The number of nitrogens with zero attached hydrogens (tertiary/aromatic N) is 1. The summed E-state index contributed by atoms with van der Waals surface area (Å²) in [5, 5.41) is 12.9. The average Bonchev–Trinajstić information content (AvgIpc) is 2.40. The second-order valence-corrected chi connectivity index (χ2v) is 5.01. The number of hydrogen-bond acceptors (Lipinski definition) is 2. The molecule has 0 aliphatic rings. The maximum atomic E-state index is 8.99. The zero-order chi connectivity index (χ0) is 13.0. The fraction of sp³-hybridized carbons (Fsp3) is 0.0714. The van der Waals surface area contributed by atoms with Crippen molar-refractivity contribution in [3.8, 4) is 6.07 Å². The van der Waals surface area contributed by atoms with Crippen molar-refractivity contribution < 1.29 is 0 Å². The largest absolute Gasteiger partial charge is 0.381 e. The van der Waals surface area contributed by atoms with Gasteiger partial charge in [-0.05, 0) is 45.8 Å². The van der Waals surface area contributed by atoms with Crippen LogP contribution in [0.5, 0.6) is 0 Å². The van der Waals surface area contributed by atoms with Crippen LogP contribution < -0.4 is 5.32 Å². The van der Waals surface area contributed by atoms with Gasteiger partial charge in [0.05, 0.1) is 16.7 Å². The number of nitriles is 1. The summed E-state index contributed by atoms with van der Waals surface area (Å²) in [6.07, 6.45) is 0. The molecule has 4 heteroatoms. The zero-order valence-corrected chi connectivity index (χ0v) is 11.8. The van der Waals surface area contributed by atoms with Gasteiger partial charge in [0, 0.05) is 16.7 Å². The Hall–Kier alpha value is -1.50. The van der Waals surface area contributed by atoms with E-state index in [9.17, 15) is 0 Å². The molecule has 0 heterocycles. The van der Waals surface area contributed by atoms with Gasteiger partial charge in [-0.3, -0.25) is 0 Å². The van der Waals surface area contributed by atoms with Crippen LogP contribution in [0.3, 0.4) is 0 Å². The molecule has 0 bridgehead atoms. The lowest BCUT2D eigenvalue weighted by atomic mass is 10.1. The van der Waals surface area contributed by atoms with E-state index in [1.165, 1.54) is 0 Å². The van der Waals surface area contributed by atoms with Crippen molar-refractivity contribution in [2.45, 2.75) is 6.54 Å². The molecule has 2 aromatic carbocycles. The highest BCUT2D eigenvalue weighted by atomic mass is 79.9. The molecule has 0 aromatic heterocycles. The average molecular weight is 322 g/mol. The fourth-order valence-electron chi connectivity index (χ4n) is 1.59. The lowest BCUT2D eigenvalue weighted by molar-refractivity contribution is 1.14. The molecule has 2 rings (SSSR count). The Kier molecular flexibility index (Phi) is 4.24. The van der Waals surface area contributed by atoms with Crippen LogP contribution in [0.4, 0.5) is 5.69 Å². The van der Waals surface area contributed by atoms with Crippen LogP contribution in [-0.4, -0.2) is 0 Å². The van der Waals surface area contributed by atoms with E-state index in [0.29, 0.717) is 17.1 Å². The van der Waals surface area contributed by atoms with Gasteiger partial charge in [0.25, 0.3) is 0 Å². The summed E-state index contributed by atoms with van der Waals surface area (Å²) >= 11 is 9.30. The molecule has 0 amide bonds. The maximum absolute atomic E-state index is 8.99. The Balaban J connectivity index is 2.12. The van der Waals surface area contributed by atoms with E-state index in [4.69, 9.17) is 16.9 Å². The molecule has 18 heavy (non-hydrogen) atoms. The third kappa shape index (κ3) is 3.04. The normalized spacial score (nSPS) is 9.83. The third-order valence-electron chi connectivity index (χ3n) is 2.54. The Labute approximate surface area is 119 Å². The van der Waals surface area contributed by atoms with Crippen molar-refractivity contribution in [3.05, 3.63) is 63.1 Å². The molecule has 2 nitrogen and oxygen atoms in total. The van der Waals surface area contributed by atoms with Crippen molar-refractivity contribution >= 4 is 33.2 Å². The molecule has 1 N–H and O–H groups in total. The summed E-state index contributed by atoms with van der Waals surface area (Å²) in [4.78, 5) is 0. The van der Waals surface area contributed by atoms with E-state index in [2.05, 4.69) is 27.3 Å². The van der Waals surface area contributed by atoms with Crippen LogP contribution in [0.1, 0.15) is 11.1 Å². The van der Waals surface area contributed by atoms with Crippen LogP contribution >= 0.6 is 27.5 Å². The van der Waals surface area contributed by atoms with Crippen molar-refractivity contribution in [2.24, 2.45) is 0 Å². The van der Waals surface area contributed by atoms with Crippen LogP contribution in [0.2, 0.25) is 5.02 Å². The Morgan fingerprint density at radius 1 is 1.22 bits per heavy atom. The maximum Gasteiger partial charge on any atom is 0.0995 e. The second kappa shape index (κ2) is 5.90. The van der Waals surface area contributed by atoms with Gasteiger partial charge in [0.2, 0.25) is 0 Å². The summed E-state index contributed by atoms with van der Waals surface area (Å²) < 4.78 is 0.850. The summed E-state index contributed by atoms with van der Waals surface area (Å²) in [5.41, 5.74) is 2.63. The minimum absolute atomic E-state index is 0.609. The van der Waals surface area contributed by atoms with Gasteiger partial charge in [-0.2, -0.15) is 5.26 Å². The van der Waals surface area contributed by atoms with Gasteiger partial charge >= 0.3 is 0 Å². The molecular formula is C14H10BrClN2. The number of anilines is 1. The SMILES string of the molecule is N#Cc1ccccc1CNc1ccc(Cl)c(Br)c1. The number of hydrogen-bond donors (Lipinski definition) is 1. The van der Waals surface area contributed by atoms with Crippen LogP contribution in [-0.2, 0) is 6.54 Å². The lowest BCUT2D eigenvalue weighted by Gasteiger charge is -2.08. The first kappa shape index (κ1) is 12.9. The van der Waals surface area contributed by atoms with Gasteiger partial charge in [-0.15, -0.1) is 0 Å². The standard InChI is InChI=1S/C14H10BrClN2/c15-13-7-12(5-6-14(13)16)18-9-11-4-2-1-3-10(11)8-17/h1-7,18H,9H2. The first-order valence-electron chi connectivity index (χ1n) is 5.37. The molecule has 0 radical (unpaired) electrons. The van der Waals surface area contributed by atoms with Gasteiger partial charge < -0.3 is 5.32 Å². The van der Waals surface area contributed by atoms with Crippen molar-refractivity contribution in [1.29, 1.82) is 5.26 Å². The van der Waals surface area contributed by atoms with Crippen molar-refractivity contribution in [1.82, 2.24) is 0 Å². The first-order chi connectivity index (χ1) is 8.70. The molecule has 0 aliphatic carbocycles. The second-order valence-electron chi connectivity index (χ2n) is 3.75. The molecule has 0 fully saturated rings. The predicted molar refractivity (Wildman–Crippen MR) is 77.6 cm³/mol. The fourth-order valence-corrected chi connectivity index (χ4v) is 2.08. The molecule has 90 valence electrons. The van der Waals surface area contributed by atoms with Gasteiger partial charge in [-0.25, -0.2) is 0 Å². The molecular weight excluding hydrogens is 312 g/mol. The highest BCUT2D eigenvalue weighted by molar-refractivity contribution is 9.10. The molecule has 0 saturated carbocycles.